The third-order valence-electron chi connectivity index (χ3n) is 5.04. The number of nitrogens with zero attached hydrogens (tertiary/aromatic N) is 2. The molecule has 0 aliphatic carbocycles. The van der Waals surface area contributed by atoms with Gasteiger partial charge in [-0.25, -0.2) is 4.98 Å². The van der Waals surface area contributed by atoms with E-state index in [1.54, 1.807) is 11.3 Å². The summed E-state index contributed by atoms with van der Waals surface area (Å²) in [4.78, 5) is 21.0. The van der Waals surface area contributed by atoms with Crippen molar-refractivity contribution in [2.24, 2.45) is 0 Å². The molecule has 148 valence electrons. The van der Waals surface area contributed by atoms with E-state index < -0.39 is 0 Å². The molecular weight excluding hydrogens is 380 g/mol. The molecule has 0 radical (unpaired) electrons. The Kier molecular flexibility index (Phi) is 8.70. The zero-order valence-electron chi connectivity index (χ0n) is 16.0. The lowest BCUT2D eigenvalue weighted by Gasteiger charge is -2.28. The van der Waals surface area contributed by atoms with Gasteiger partial charge in [-0.1, -0.05) is 44.2 Å². The molecule has 2 aromatic rings. The SMILES string of the molecule is CCN(CC)C(C(=O)Nc1ncc(C2CCNCC2)s1)c1ccccc1.Cl. The Labute approximate surface area is 172 Å². The number of nitrogens with one attached hydrogen (secondary N) is 2. The summed E-state index contributed by atoms with van der Waals surface area (Å²) in [5.74, 6) is 0.554. The number of hydrogen-bond acceptors (Lipinski definition) is 5. The molecular formula is C20H29ClN4OS. The van der Waals surface area contributed by atoms with Gasteiger partial charge in [0.05, 0.1) is 0 Å². The topological polar surface area (TPSA) is 57.3 Å². The van der Waals surface area contributed by atoms with Crippen LogP contribution in [0.4, 0.5) is 5.13 Å². The van der Waals surface area contributed by atoms with E-state index in [1.807, 2.05) is 36.5 Å². The second kappa shape index (κ2) is 10.8. The fourth-order valence-corrected chi connectivity index (χ4v) is 4.55. The highest BCUT2D eigenvalue weighted by Crippen LogP contribution is 2.32. The average Bonchev–Trinajstić information content (AvgIpc) is 3.15. The highest BCUT2D eigenvalue weighted by Gasteiger charge is 2.27. The molecule has 0 spiro atoms. The first-order chi connectivity index (χ1) is 12.7. The molecule has 2 heterocycles. The molecule has 1 aliphatic heterocycles. The van der Waals surface area contributed by atoms with E-state index in [0.29, 0.717) is 11.0 Å². The molecule has 0 saturated carbocycles. The predicted octanol–water partition coefficient (Wildman–Crippen LogP) is 4.05. The van der Waals surface area contributed by atoms with Crippen LogP contribution >= 0.6 is 23.7 Å². The maximum absolute atomic E-state index is 13.1. The molecule has 27 heavy (non-hydrogen) atoms. The van der Waals surface area contributed by atoms with Gasteiger partial charge < -0.3 is 10.6 Å². The van der Waals surface area contributed by atoms with Gasteiger partial charge in [-0.3, -0.25) is 9.69 Å². The molecule has 1 atom stereocenters. The molecule has 1 aromatic heterocycles. The summed E-state index contributed by atoms with van der Waals surface area (Å²) in [6.07, 6.45) is 4.22. The van der Waals surface area contributed by atoms with Crippen LogP contribution in [0.15, 0.2) is 36.5 Å². The lowest BCUT2D eigenvalue weighted by molar-refractivity contribution is -0.121. The van der Waals surface area contributed by atoms with E-state index >= 15 is 0 Å². The Morgan fingerprint density at radius 3 is 2.56 bits per heavy atom. The number of hydrogen-bond donors (Lipinski definition) is 2. The number of aromatic nitrogens is 1. The van der Waals surface area contributed by atoms with Crippen molar-refractivity contribution in [3.8, 4) is 0 Å². The van der Waals surface area contributed by atoms with Gasteiger partial charge in [0.15, 0.2) is 5.13 Å². The van der Waals surface area contributed by atoms with Crippen LogP contribution in [0.3, 0.4) is 0 Å². The van der Waals surface area contributed by atoms with E-state index in [9.17, 15) is 4.79 Å². The minimum atomic E-state index is -0.294. The summed E-state index contributed by atoms with van der Waals surface area (Å²) in [6, 6.07) is 9.69. The Morgan fingerprint density at radius 2 is 1.93 bits per heavy atom. The predicted molar refractivity (Wildman–Crippen MR) is 115 cm³/mol. The first-order valence-electron chi connectivity index (χ1n) is 9.49. The minimum absolute atomic E-state index is 0. The number of anilines is 1. The molecule has 2 N–H and O–H groups in total. The summed E-state index contributed by atoms with van der Waals surface area (Å²) in [5.41, 5.74) is 1.02. The Hall–Kier alpha value is -1.47. The number of carbonyl (C=O) groups is 1. The number of piperidine rings is 1. The number of likely N-dealkylation sites (N-methyl/N-ethyl adjacent to an activating group) is 1. The van der Waals surface area contributed by atoms with Crippen molar-refractivity contribution in [1.29, 1.82) is 0 Å². The van der Waals surface area contributed by atoms with Crippen molar-refractivity contribution < 1.29 is 4.79 Å². The first kappa shape index (κ1) is 21.8. The van der Waals surface area contributed by atoms with Crippen LogP contribution in [0, 0.1) is 0 Å². The third-order valence-corrected chi connectivity index (χ3v) is 6.11. The van der Waals surface area contributed by atoms with Crippen LogP contribution in [0.5, 0.6) is 0 Å². The fourth-order valence-electron chi connectivity index (χ4n) is 3.57. The van der Waals surface area contributed by atoms with Gasteiger partial charge in [-0.15, -0.1) is 23.7 Å². The van der Waals surface area contributed by atoms with Gasteiger partial charge in [-0.2, -0.15) is 0 Å². The highest BCUT2D eigenvalue weighted by atomic mass is 35.5. The van der Waals surface area contributed by atoms with Gasteiger partial charge in [0, 0.05) is 11.1 Å². The molecule has 7 heteroatoms. The van der Waals surface area contributed by atoms with Crippen LogP contribution in [-0.2, 0) is 4.79 Å². The Morgan fingerprint density at radius 1 is 1.26 bits per heavy atom. The largest absolute Gasteiger partial charge is 0.317 e. The van der Waals surface area contributed by atoms with E-state index in [2.05, 4.69) is 34.4 Å². The summed E-state index contributed by atoms with van der Waals surface area (Å²) < 4.78 is 0. The van der Waals surface area contributed by atoms with Crippen molar-refractivity contribution in [3.63, 3.8) is 0 Å². The van der Waals surface area contributed by atoms with Crippen LogP contribution < -0.4 is 10.6 Å². The number of amides is 1. The molecule has 3 rings (SSSR count). The lowest BCUT2D eigenvalue weighted by atomic mass is 9.97. The van der Waals surface area contributed by atoms with Gasteiger partial charge in [0.2, 0.25) is 5.91 Å². The minimum Gasteiger partial charge on any atom is -0.317 e. The Balaban J connectivity index is 0.00000261. The molecule has 1 aliphatic rings. The number of halogens is 1. The highest BCUT2D eigenvalue weighted by molar-refractivity contribution is 7.15. The van der Waals surface area contributed by atoms with Crippen LogP contribution in [-0.4, -0.2) is 42.0 Å². The maximum Gasteiger partial charge on any atom is 0.248 e. The van der Waals surface area contributed by atoms with Gasteiger partial charge in [0.25, 0.3) is 0 Å². The van der Waals surface area contributed by atoms with Gasteiger partial charge >= 0.3 is 0 Å². The molecule has 1 unspecified atom stereocenters. The standard InChI is InChI=1S/C20H28N4OS.ClH/c1-3-24(4-2)18(16-8-6-5-7-9-16)19(25)23-20-22-14-17(26-20)15-10-12-21-13-11-15;/h5-9,14-15,18,21H,3-4,10-13H2,1-2H3,(H,22,23,25);1H. The summed E-state index contributed by atoms with van der Waals surface area (Å²) >= 11 is 1.62. The molecule has 1 fully saturated rings. The molecule has 1 aromatic carbocycles. The van der Waals surface area contributed by atoms with Crippen molar-refractivity contribution in [1.82, 2.24) is 15.2 Å². The molecule has 1 amide bonds. The zero-order valence-corrected chi connectivity index (χ0v) is 17.6. The monoisotopic (exact) mass is 408 g/mol. The number of thiazole rings is 1. The third kappa shape index (κ3) is 5.51. The maximum atomic E-state index is 13.1. The lowest BCUT2D eigenvalue weighted by Crippen LogP contribution is -2.37. The second-order valence-electron chi connectivity index (χ2n) is 6.62. The molecule has 0 bridgehead atoms. The van der Waals surface area contributed by atoms with E-state index in [0.717, 1.165) is 44.6 Å². The van der Waals surface area contributed by atoms with Crippen LogP contribution in [0.1, 0.15) is 49.1 Å². The van der Waals surface area contributed by atoms with Gasteiger partial charge in [-0.05, 0) is 50.5 Å². The van der Waals surface area contributed by atoms with E-state index in [4.69, 9.17) is 0 Å². The number of rotatable bonds is 7. The van der Waals surface area contributed by atoms with E-state index in [1.165, 1.54) is 4.88 Å². The first-order valence-corrected chi connectivity index (χ1v) is 10.3. The van der Waals surface area contributed by atoms with Crippen molar-refractivity contribution in [3.05, 3.63) is 47.0 Å². The van der Waals surface area contributed by atoms with Crippen molar-refractivity contribution >= 4 is 34.8 Å². The quantitative estimate of drug-likeness (QED) is 0.725. The zero-order chi connectivity index (χ0) is 18.4. The average molecular weight is 409 g/mol. The summed E-state index contributed by atoms with van der Waals surface area (Å²) in [7, 11) is 0. The van der Waals surface area contributed by atoms with Crippen LogP contribution in [0.2, 0.25) is 0 Å². The summed E-state index contributed by atoms with van der Waals surface area (Å²) in [5, 5.41) is 7.16. The van der Waals surface area contributed by atoms with Crippen LogP contribution in [0.25, 0.3) is 0 Å². The molecule has 5 nitrogen and oxygen atoms in total. The summed E-state index contributed by atoms with van der Waals surface area (Å²) in [6.45, 7) is 7.94. The van der Waals surface area contributed by atoms with Gasteiger partial charge in [0.1, 0.15) is 6.04 Å². The second-order valence-corrected chi connectivity index (χ2v) is 7.68. The van der Waals surface area contributed by atoms with Crippen molar-refractivity contribution in [2.75, 3.05) is 31.5 Å². The number of carbonyl (C=O) groups excluding carboxylic acids is 1. The van der Waals surface area contributed by atoms with Crippen molar-refractivity contribution in [2.45, 2.75) is 38.6 Å². The van der Waals surface area contributed by atoms with E-state index in [-0.39, 0.29) is 24.4 Å². The smallest absolute Gasteiger partial charge is 0.248 e. The normalized spacial score (nSPS) is 16.0. The molecule has 1 saturated heterocycles. The number of benzene rings is 1. The Bertz CT molecular complexity index is 699. The fraction of sp³-hybridized carbons (Fsp3) is 0.500.